The summed E-state index contributed by atoms with van der Waals surface area (Å²) in [5.41, 5.74) is 1.19. The van der Waals surface area contributed by atoms with Gasteiger partial charge in [0.1, 0.15) is 12.4 Å². The van der Waals surface area contributed by atoms with Gasteiger partial charge >= 0.3 is 6.09 Å². The summed E-state index contributed by atoms with van der Waals surface area (Å²) in [6.45, 7) is 1.68. The van der Waals surface area contributed by atoms with Gasteiger partial charge in [0.25, 0.3) is 0 Å². The molecule has 2 rings (SSSR count). The molecule has 0 fully saturated rings. The molecule has 0 radical (unpaired) electrons. The fraction of sp³-hybridized carbons (Fsp3) is 0.176. The zero-order valence-electron chi connectivity index (χ0n) is 12.1. The van der Waals surface area contributed by atoms with Crippen molar-refractivity contribution in [1.82, 2.24) is 5.32 Å². The molecule has 114 valence electrons. The van der Waals surface area contributed by atoms with Crippen LogP contribution >= 0.6 is 0 Å². The van der Waals surface area contributed by atoms with Crippen LogP contribution in [0.2, 0.25) is 0 Å². The second-order valence-electron chi connectivity index (χ2n) is 4.80. The van der Waals surface area contributed by atoms with Gasteiger partial charge in [-0.1, -0.05) is 30.3 Å². The Kier molecular flexibility index (Phi) is 5.25. The number of ketones is 1. The Morgan fingerprint density at radius 3 is 2.36 bits per heavy atom. The van der Waals surface area contributed by atoms with Gasteiger partial charge in [0.05, 0.1) is 6.04 Å². The maximum Gasteiger partial charge on any atom is 0.408 e. The lowest BCUT2D eigenvalue weighted by Crippen LogP contribution is -2.38. The lowest BCUT2D eigenvalue weighted by Gasteiger charge is -2.13. The third kappa shape index (κ3) is 4.41. The minimum Gasteiger partial charge on any atom is -0.445 e. The second-order valence-corrected chi connectivity index (χ2v) is 4.80. The largest absolute Gasteiger partial charge is 0.445 e. The molecular formula is C17H16FNO3. The number of carbonyl (C=O) groups is 2. The van der Waals surface area contributed by atoms with Crippen molar-refractivity contribution in [3.63, 3.8) is 0 Å². The predicted octanol–water partition coefficient (Wildman–Crippen LogP) is 3.32. The Hall–Kier alpha value is -2.69. The van der Waals surface area contributed by atoms with Crippen LogP contribution in [0, 0.1) is 5.82 Å². The minimum absolute atomic E-state index is 0.129. The molecule has 0 bridgehead atoms. The van der Waals surface area contributed by atoms with E-state index in [1.165, 1.54) is 24.3 Å². The molecule has 1 amide bonds. The third-order valence-electron chi connectivity index (χ3n) is 3.07. The summed E-state index contributed by atoms with van der Waals surface area (Å²) in [5, 5.41) is 2.46. The Balaban J connectivity index is 1.85. The van der Waals surface area contributed by atoms with Crippen molar-refractivity contribution in [2.75, 3.05) is 0 Å². The Bertz CT molecular complexity index is 641. The van der Waals surface area contributed by atoms with E-state index in [0.29, 0.717) is 5.56 Å². The number of rotatable bonds is 5. The number of ether oxygens (including phenoxy) is 1. The highest BCUT2D eigenvalue weighted by molar-refractivity contribution is 6.01. The van der Waals surface area contributed by atoms with E-state index in [0.717, 1.165) is 5.56 Å². The molecule has 0 saturated heterocycles. The van der Waals surface area contributed by atoms with E-state index in [4.69, 9.17) is 4.74 Å². The number of hydrogen-bond donors (Lipinski definition) is 1. The first-order chi connectivity index (χ1) is 10.6. The molecule has 5 heteroatoms. The van der Waals surface area contributed by atoms with Gasteiger partial charge in [0, 0.05) is 5.56 Å². The maximum absolute atomic E-state index is 12.8. The summed E-state index contributed by atoms with van der Waals surface area (Å²) in [5.74, 6) is -0.726. The quantitative estimate of drug-likeness (QED) is 0.862. The highest BCUT2D eigenvalue weighted by Crippen LogP contribution is 2.07. The van der Waals surface area contributed by atoms with Gasteiger partial charge in [0.2, 0.25) is 0 Å². The monoisotopic (exact) mass is 301 g/mol. The van der Waals surface area contributed by atoms with Crippen molar-refractivity contribution < 1.29 is 18.7 Å². The van der Waals surface area contributed by atoms with E-state index >= 15 is 0 Å². The second kappa shape index (κ2) is 7.36. The van der Waals surface area contributed by atoms with Gasteiger partial charge in [-0.3, -0.25) is 4.79 Å². The molecular weight excluding hydrogens is 285 g/mol. The van der Waals surface area contributed by atoms with Gasteiger partial charge in [-0.05, 0) is 36.8 Å². The van der Waals surface area contributed by atoms with Crippen LogP contribution in [-0.4, -0.2) is 17.9 Å². The van der Waals surface area contributed by atoms with Crippen molar-refractivity contribution in [1.29, 1.82) is 0 Å². The minimum atomic E-state index is -0.756. The van der Waals surface area contributed by atoms with Gasteiger partial charge < -0.3 is 10.1 Å². The summed E-state index contributed by atoms with van der Waals surface area (Å²) in [7, 11) is 0. The van der Waals surface area contributed by atoms with Crippen molar-refractivity contribution in [2.24, 2.45) is 0 Å². The maximum atomic E-state index is 12.8. The summed E-state index contributed by atoms with van der Waals surface area (Å²) in [6.07, 6.45) is -0.674. The lowest BCUT2D eigenvalue weighted by molar-refractivity contribution is 0.0926. The van der Waals surface area contributed by atoms with Crippen LogP contribution < -0.4 is 5.32 Å². The lowest BCUT2D eigenvalue weighted by atomic mass is 10.1. The van der Waals surface area contributed by atoms with E-state index in [9.17, 15) is 14.0 Å². The Morgan fingerprint density at radius 1 is 1.09 bits per heavy atom. The van der Waals surface area contributed by atoms with E-state index in [1.807, 2.05) is 30.3 Å². The van der Waals surface area contributed by atoms with Gasteiger partial charge in [-0.25, -0.2) is 9.18 Å². The number of Topliss-reactive ketones (excluding diaryl/α,β-unsaturated/α-hetero) is 1. The average molecular weight is 301 g/mol. The molecule has 0 aliphatic heterocycles. The van der Waals surface area contributed by atoms with Crippen LogP contribution in [0.25, 0.3) is 0 Å². The van der Waals surface area contributed by atoms with Crippen LogP contribution in [0.5, 0.6) is 0 Å². The van der Waals surface area contributed by atoms with Gasteiger partial charge in [-0.2, -0.15) is 0 Å². The van der Waals surface area contributed by atoms with E-state index < -0.39 is 18.0 Å². The van der Waals surface area contributed by atoms with Crippen molar-refractivity contribution in [2.45, 2.75) is 19.6 Å². The average Bonchev–Trinajstić information content (AvgIpc) is 2.54. The van der Waals surface area contributed by atoms with Crippen LogP contribution in [0.1, 0.15) is 22.8 Å². The third-order valence-corrected chi connectivity index (χ3v) is 3.07. The van der Waals surface area contributed by atoms with Crippen LogP contribution in [0.15, 0.2) is 54.6 Å². The molecule has 2 aromatic carbocycles. The number of halogens is 1. The molecule has 0 heterocycles. The molecule has 0 aliphatic rings. The van der Waals surface area contributed by atoms with Crippen LogP contribution in [0.3, 0.4) is 0 Å². The van der Waals surface area contributed by atoms with Gasteiger partial charge in [-0.15, -0.1) is 0 Å². The molecule has 2 aromatic rings. The fourth-order valence-corrected chi connectivity index (χ4v) is 1.87. The zero-order valence-corrected chi connectivity index (χ0v) is 12.1. The van der Waals surface area contributed by atoms with E-state index in [-0.39, 0.29) is 12.4 Å². The molecule has 0 saturated carbocycles. The normalized spacial score (nSPS) is 11.5. The number of carbonyl (C=O) groups excluding carboxylic acids is 2. The molecule has 1 atom stereocenters. The summed E-state index contributed by atoms with van der Waals surface area (Å²) >= 11 is 0. The highest BCUT2D eigenvalue weighted by atomic mass is 19.1. The summed E-state index contributed by atoms with van der Waals surface area (Å²) in [6, 6.07) is 13.6. The zero-order chi connectivity index (χ0) is 15.9. The van der Waals surface area contributed by atoms with Crippen LogP contribution in [-0.2, 0) is 11.3 Å². The van der Waals surface area contributed by atoms with E-state index in [2.05, 4.69) is 5.32 Å². The molecule has 0 spiro atoms. The van der Waals surface area contributed by atoms with Crippen molar-refractivity contribution >= 4 is 11.9 Å². The first-order valence-corrected chi connectivity index (χ1v) is 6.83. The van der Waals surface area contributed by atoms with Crippen molar-refractivity contribution in [3.8, 4) is 0 Å². The van der Waals surface area contributed by atoms with Crippen LogP contribution in [0.4, 0.5) is 9.18 Å². The molecule has 4 nitrogen and oxygen atoms in total. The highest BCUT2D eigenvalue weighted by Gasteiger charge is 2.18. The topological polar surface area (TPSA) is 55.4 Å². The summed E-state index contributed by atoms with van der Waals surface area (Å²) in [4.78, 5) is 23.7. The molecule has 0 aliphatic carbocycles. The number of benzene rings is 2. The van der Waals surface area contributed by atoms with Crippen molar-refractivity contribution in [3.05, 3.63) is 71.5 Å². The molecule has 22 heavy (non-hydrogen) atoms. The molecule has 1 N–H and O–H groups in total. The molecule has 1 unspecified atom stereocenters. The summed E-state index contributed by atoms with van der Waals surface area (Å²) < 4.78 is 17.9. The first kappa shape index (κ1) is 15.7. The molecule has 0 aromatic heterocycles. The standard InChI is InChI=1S/C17H16FNO3/c1-12(16(20)14-7-9-15(18)10-8-14)19-17(21)22-11-13-5-3-2-4-6-13/h2-10,12H,11H2,1H3,(H,19,21). The van der Waals surface area contributed by atoms with Gasteiger partial charge in [0.15, 0.2) is 5.78 Å². The predicted molar refractivity (Wildman–Crippen MR) is 80.0 cm³/mol. The number of amides is 1. The fourth-order valence-electron chi connectivity index (χ4n) is 1.87. The Morgan fingerprint density at radius 2 is 1.73 bits per heavy atom. The Labute approximate surface area is 127 Å². The SMILES string of the molecule is CC(NC(=O)OCc1ccccc1)C(=O)c1ccc(F)cc1. The number of alkyl carbamates (subject to hydrolysis) is 1. The number of nitrogens with one attached hydrogen (secondary N) is 1. The number of hydrogen-bond acceptors (Lipinski definition) is 3. The first-order valence-electron chi connectivity index (χ1n) is 6.83. The van der Waals surface area contributed by atoms with E-state index in [1.54, 1.807) is 6.92 Å². The smallest absolute Gasteiger partial charge is 0.408 e.